The molecule has 0 atom stereocenters. The zero-order chi connectivity index (χ0) is 25.8. The number of hydrogen-bond donors (Lipinski definition) is 1. The topological polar surface area (TPSA) is 77.4 Å². The van der Waals surface area contributed by atoms with E-state index in [1.54, 1.807) is 41.0 Å². The third-order valence-electron chi connectivity index (χ3n) is 5.85. The first kappa shape index (κ1) is 24.6. The number of anilines is 1. The molecule has 0 unspecified atom stereocenters. The molecule has 1 N–H and O–H groups in total. The highest BCUT2D eigenvalue weighted by Gasteiger charge is 2.30. The molecule has 0 radical (unpaired) electrons. The van der Waals surface area contributed by atoms with Crippen LogP contribution < -0.4 is 5.32 Å². The molecular formula is C29H25FN2O4. The van der Waals surface area contributed by atoms with Gasteiger partial charge in [-0.25, -0.2) is 9.18 Å². The molecule has 7 heteroatoms. The molecule has 1 heterocycles. The van der Waals surface area contributed by atoms with Crippen molar-refractivity contribution >= 4 is 23.9 Å². The molecule has 0 fully saturated rings. The molecule has 0 saturated heterocycles. The van der Waals surface area contributed by atoms with Crippen molar-refractivity contribution in [2.24, 2.45) is 0 Å². The van der Waals surface area contributed by atoms with Gasteiger partial charge in [-0.3, -0.25) is 9.59 Å². The smallest absolute Gasteiger partial charge is 0.337 e. The van der Waals surface area contributed by atoms with Crippen molar-refractivity contribution in [3.05, 3.63) is 102 Å². The number of hydrogen-bond acceptors (Lipinski definition) is 4. The molecule has 0 saturated carbocycles. The van der Waals surface area contributed by atoms with Crippen LogP contribution in [0.3, 0.4) is 0 Å². The molecule has 3 aromatic carbocycles. The van der Waals surface area contributed by atoms with Gasteiger partial charge in [0.1, 0.15) is 11.5 Å². The Hall–Kier alpha value is -4.52. The van der Waals surface area contributed by atoms with Gasteiger partial charge in [-0.1, -0.05) is 42.5 Å². The Kier molecular flexibility index (Phi) is 7.10. The molecular weight excluding hydrogens is 459 g/mol. The number of benzene rings is 3. The van der Waals surface area contributed by atoms with Crippen molar-refractivity contribution < 1.29 is 23.5 Å². The Morgan fingerprint density at radius 1 is 0.889 bits per heavy atom. The van der Waals surface area contributed by atoms with Crippen molar-refractivity contribution in [2.75, 3.05) is 12.4 Å². The number of methoxy groups -OCH3 is 1. The fourth-order valence-corrected chi connectivity index (χ4v) is 4.28. The van der Waals surface area contributed by atoms with Gasteiger partial charge in [0.25, 0.3) is 5.91 Å². The molecule has 182 valence electrons. The van der Waals surface area contributed by atoms with E-state index in [-0.39, 0.29) is 6.04 Å². The molecule has 4 rings (SSSR count). The van der Waals surface area contributed by atoms with Crippen LogP contribution in [-0.2, 0) is 4.74 Å². The Morgan fingerprint density at radius 2 is 1.50 bits per heavy atom. The number of aldehydes is 1. The molecule has 0 aliphatic carbocycles. The third-order valence-corrected chi connectivity index (χ3v) is 5.85. The average molecular weight is 485 g/mol. The largest absolute Gasteiger partial charge is 0.465 e. The number of carbonyl (C=O) groups is 3. The highest BCUT2D eigenvalue weighted by atomic mass is 19.1. The van der Waals surface area contributed by atoms with Crippen LogP contribution in [0.15, 0.2) is 78.9 Å². The number of rotatable bonds is 7. The zero-order valence-electron chi connectivity index (χ0n) is 20.1. The predicted octanol–water partition coefficient (Wildman–Crippen LogP) is 6.39. The summed E-state index contributed by atoms with van der Waals surface area (Å²) in [7, 11) is 1.30. The summed E-state index contributed by atoms with van der Waals surface area (Å²) < 4.78 is 20.2. The lowest BCUT2D eigenvalue weighted by Gasteiger charge is -2.16. The van der Waals surface area contributed by atoms with Gasteiger partial charge in [0, 0.05) is 22.9 Å². The van der Waals surface area contributed by atoms with Gasteiger partial charge < -0.3 is 14.6 Å². The maximum atomic E-state index is 13.8. The first-order chi connectivity index (χ1) is 17.3. The SMILES string of the molecule is COC(=O)c1ccc(NC(=O)c2c(-c3ccccc3)c(-c3ccc(F)cc3)c(C=O)n2C(C)C)cc1. The highest BCUT2D eigenvalue weighted by Crippen LogP contribution is 2.41. The molecule has 4 aromatic rings. The van der Waals surface area contributed by atoms with Gasteiger partial charge in [-0.2, -0.15) is 0 Å². The van der Waals surface area contributed by atoms with E-state index in [9.17, 15) is 18.8 Å². The van der Waals surface area contributed by atoms with E-state index in [1.807, 2.05) is 44.2 Å². The van der Waals surface area contributed by atoms with Crippen LogP contribution in [0.2, 0.25) is 0 Å². The quantitative estimate of drug-likeness (QED) is 0.243. The van der Waals surface area contributed by atoms with Gasteiger partial charge in [0.2, 0.25) is 0 Å². The second kappa shape index (κ2) is 10.4. The van der Waals surface area contributed by atoms with E-state index in [0.717, 1.165) is 11.8 Å². The van der Waals surface area contributed by atoms with Gasteiger partial charge in [0.05, 0.1) is 18.4 Å². The Balaban J connectivity index is 1.92. The average Bonchev–Trinajstić information content (AvgIpc) is 3.25. The maximum Gasteiger partial charge on any atom is 0.337 e. The molecule has 0 spiro atoms. The summed E-state index contributed by atoms with van der Waals surface area (Å²) in [6, 6.07) is 21.2. The second-order valence-corrected chi connectivity index (χ2v) is 8.46. The molecule has 36 heavy (non-hydrogen) atoms. The van der Waals surface area contributed by atoms with Crippen LogP contribution in [0.1, 0.15) is 51.2 Å². The molecule has 6 nitrogen and oxygen atoms in total. The van der Waals surface area contributed by atoms with Crippen LogP contribution >= 0.6 is 0 Å². The van der Waals surface area contributed by atoms with E-state index < -0.39 is 17.7 Å². The van der Waals surface area contributed by atoms with Crippen LogP contribution in [-0.4, -0.2) is 29.8 Å². The van der Waals surface area contributed by atoms with Crippen LogP contribution in [0.25, 0.3) is 22.3 Å². The number of carbonyl (C=O) groups excluding carboxylic acids is 3. The summed E-state index contributed by atoms with van der Waals surface area (Å²) in [5, 5.41) is 2.89. The number of halogens is 1. The summed E-state index contributed by atoms with van der Waals surface area (Å²) in [6.07, 6.45) is 0.729. The standard InChI is InChI=1S/C29H25FN2O4/c1-18(2)32-24(17-33)25(20-9-13-22(30)14-10-20)26(19-7-5-4-6-8-19)27(32)28(34)31-23-15-11-21(12-16-23)29(35)36-3/h4-18H,1-3H3,(H,31,34). The number of ether oxygens (including phenoxy) is 1. The van der Waals surface area contributed by atoms with Crippen molar-refractivity contribution in [2.45, 2.75) is 19.9 Å². The lowest BCUT2D eigenvalue weighted by molar-refractivity contribution is 0.0600. The number of amides is 1. The first-order valence-corrected chi connectivity index (χ1v) is 11.4. The Labute approximate surface area is 208 Å². The first-order valence-electron chi connectivity index (χ1n) is 11.4. The molecule has 0 bridgehead atoms. The van der Waals surface area contributed by atoms with E-state index >= 15 is 0 Å². The Morgan fingerprint density at radius 3 is 2.06 bits per heavy atom. The van der Waals surface area contributed by atoms with Gasteiger partial charge in [-0.05, 0) is 61.4 Å². The van der Waals surface area contributed by atoms with E-state index in [4.69, 9.17) is 4.74 Å². The third kappa shape index (κ3) is 4.68. The number of aromatic nitrogens is 1. The summed E-state index contributed by atoms with van der Waals surface area (Å²) >= 11 is 0. The maximum absolute atomic E-state index is 13.8. The van der Waals surface area contributed by atoms with Crippen LogP contribution in [0.4, 0.5) is 10.1 Å². The number of esters is 1. The van der Waals surface area contributed by atoms with Gasteiger partial charge in [0.15, 0.2) is 6.29 Å². The summed E-state index contributed by atoms with van der Waals surface area (Å²) in [6.45, 7) is 3.77. The predicted molar refractivity (Wildman–Crippen MR) is 137 cm³/mol. The number of nitrogens with one attached hydrogen (secondary N) is 1. The minimum atomic E-state index is -0.479. The summed E-state index contributed by atoms with van der Waals surface area (Å²) in [5.41, 5.74) is 3.93. The molecule has 1 aromatic heterocycles. The lowest BCUT2D eigenvalue weighted by Crippen LogP contribution is -2.20. The zero-order valence-corrected chi connectivity index (χ0v) is 20.1. The van der Waals surface area contributed by atoms with Gasteiger partial charge in [-0.15, -0.1) is 0 Å². The number of nitrogens with zero attached hydrogens (tertiary/aromatic N) is 1. The Bertz CT molecular complexity index is 1410. The second-order valence-electron chi connectivity index (χ2n) is 8.46. The van der Waals surface area contributed by atoms with E-state index in [2.05, 4.69) is 5.32 Å². The summed E-state index contributed by atoms with van der Waals surface area (Å²) in [5.74, 6) is -1.30. The van der Waals surface area contributed by atoms with Crippen LogP contribution in [0.5, 0.6) is 0 Å². The molecule has 0 aliphatic rings. The van der Waals surface area contributed by atoms with Crippen molar-refractivity contribution in [1.29, 1.82) is 0 Å². The van der Waals surface area contributed by atoms with Crippen molar-refractivity contribution in [1.82, 2.24) is 4.57 Å². The van der Waals surface area contributed by atoms with Crippen molar-refractivity contribution in [3.8, 4) is 22.3 Å². The van der Waals surface area contributed by atoms with Crippen molar-refractivity contribution in [3.63, 3.8) is 0 Å². The van der Waals surface area contributed by atoms with E-state index in [1.165, 1.54) is 19.2 Å². The highest BCUT2D eigenvalue weighted by molar-refractivity contribution is 6.13. The molecule has 0 aliphatic heterocycles. The van der Waals surface area contributed by atoms with Crippen LogP contribution in [0, 0.1) is 5.82 Å². The minimum absolute atomic E-state index is 0.232. The van der Waals surface area contributed by atoms with E-state index in [0.29, 0.717) is 39.3 Å². The minimum Gasteiger partial charge on any atom is -0.465 e. The fourth-order valence-electron chi connectivity index (χ4n) is 4.28. The lowest BCUT2D eigenvalue weighted by atomic mass is 9.94. The summed E-state index contributed by atoms with van der Waals surface area (Å²) in [4.78, 5) is 38.0. The monoisotopic (exact) mass is 484 g/mol. The molecule has 1 amide bonds. The van der Waals surface area contributed by atoms with Gasteiger partial charge >= 0.3 is 5.97 Å². The fraction of sp³-hybridized carbons (Fsp3) is 0.138. The normalized spacial score (nSPS) is 10.8.